The normalized spacial score (nSPS) is 11.7. The lowest BCUT2D eigenvalue weighted by atomic mass is 10.2. The summed E-state index contributed by atoms with van der Waals surface area (Å²) in [5, 5.41) is 12.1. The second kappa shape index (κ2) is 7.75. The Morgan fingerprint density at radius 3 is 2.46 bits per heavy atom. The number of aromatic nitrogens is 2. The van der Waals surface area contributed by atoms with Gasteiger partial charge in [-0.15, -0.1) is 0 Å². The molecule has 0 radical (unpaired) electrons. The lowest BCUT2D eigenvalue weighted by molar-refractivity contribution is 0.680. The molecule has 24 heavy (non-hydrogen) atoms. The Bertz CT molecular complexity index is 910. The smallest absolute Gasteiger partial charge is 0.332 e. The molecule has 8 heteroatoms. The van der Waals surface area contributed by atoms with Crippen LogP contribution in [0.2, 0.25) is 0 Å². The van der Waals surface area contributed by atoms with E-state index in [1.165, 1.54) is 18.7 Å². The quantitative estimate of drug-likeness (QED) is 0.812. The first kappa shape index (κ1) is 17.7. The van der Waals surface area contributed by atoms with Crippen LogP contribution in [-0.2, 0) is 30.6 Å². The van der Waals surface area contributed by atoms with E-state index in [4.69, 9.17) is 5.26 Å². The summed E-state index contributed by atoms with van der Waals surface area (Å²) in [6.45, 7) is 0.286. The van der Waals surface area contributed by atoms with Gasteiger partial charge in [0.25, 0.3) is 5.56 Å². The summed E-state index contributed by atoms with van der Waals surface area (Å²) in [7, 11) is 1.71. The molecular weight excluding hydrogens is 328 g/mol. The topological polar surface area (TPSA) is 96.9 Å². The molecule has 0 bridgehead atoms. The van der Waals surface area contributed by atoms with Gasteiger partial charge in [0.1, 0.15) is 11.9 Å². The van der Waals surface area contributed by atoms with Crippen LogP contribution in [0.3, 0.4) is 0 Å². The van der Waals surface area contributed by atoms with Crippen LogP contribution < -0.4 is 16.6 Å². The van der Waals surface area contributed by atoms with E-state index < -0.39 is 22.0 Å². The van der Waals surface area contributed by atoms with Crippen molar-refractivity contribution < 1.29 is 4.21 Å². The molecule has 0 fully saturated rings. The molecule has 0 aliphatic carbocycles. The van der Waals surface area contributed by atoms with E-state index >= 15 is 0 Å². The van der Waals surface area contributed by atoms with Gasteiger partial charge in [0, 0.05) is 42.9 Å². The standard InChI is InChI=1S/C16H18N4O3S/c1-19-14(13(10-17)15(21)20(2)16(19)22)18-8-9-24(23)11-12-6-4-3-5-7-12/h3-7,18H,8-9,11H2,1-2H3. The van der Waals surface area contributed by atoms with Crippen LogP contribution in [0.1, 0.15) is 11.1 Å². The number of anilines is 1. The van der Waals surface area contributed by atoms with Gasteiger partial charge in [-0.1, -0.05) is 30.3 Å². The zero-order valence-electron chi connectivity index (χ0n) is 13.5. The Morgan fingerprint density at radius 1 is 1.17 bits per heavy atom. The molecule has 0 saturated heterocycles. The molecule has 0 aliphatic heterocycles. The summed E-state index contributed by atoms with van der Waals surface area (Å²) in [5.41, 5.74) is -0.316. The van der Waals surface area contributed by atoms with Crippen molar-refractivity contribution in [3.05, 3.63) is 62.3 Å². The second-order valence-corrected chi connectivity index (χ2v) is 6.82. The molecule has 1 atom stereocenters. The molecule has 0 aliphatic rings. The maximum absolute atomic E-state index is 12.1. The van der Waals surface area contributed by atoms with Gasteiger partial charge in [-0.2, -0.15) is 5.26 Å². The predicted octanol–water partition coefficient (Wildman–Crippen LogP) is 0.316. The summed E-state index contributed by atoms with van der Waals surface area (Å²) in [6.07, 6.45) is 0. The Labute approximate surface area is 141 Å². The van der Waals surface area contributed by atoms with Crippen LogP contribution in [0.5, 0.6) is 0 Å². The van der Waals surface area contributed by atoms with Crippen molar-refractivity contribution in [2.45, 2.75) is 5.75 Å². The first-order valence-corrected chi connectivity index (χ1v) is 8.77. The lowest BCUT2D eigenvalue weighted by Crippen LogP contribution is -2.40. The minimum atomic E-state index is -1.09. The van der Waals surface area contributed by atoms with Gasteiger partial charge in [0.2, 0.25) is 0 Å². The fraction of sp³-hybridized carbons (Fsp3) is 0.312. The van der Waals surface area contributed by atoms with Crippen molar-refractivity contribution in [3.63, 3.8) is 0 Å². The Kier molecular flexibility index (Phi) is 5.71. The third-order valence-corrected chi connectivity index (χ3v) is 4.88. The summed E-state index contributed by atoms with van der Waals surface area (Å²) in [5.74, 6) is 0.925. The molecule has 2 rings (SSSR count). The first-order chi connectivity index (χ1) is 11.5. The molecule has 0 amide bonds. The lowest BCUT2D eigenvalue weighted by Gasteiger charge is -2.13. The highest BCUT2D eigenvalue weighted by Gasteiger charge is 2.15. The van der Waals surface area contributed by atoms with Gasteiger partial charge in [-0.3, -0.25) is 18.1 Å². The van der Waals surface area contributed by atoms with E-state index in [-0.39, 0.29) is 17.9 Å². The minimum absolute atomic E-state index is 0.131. The summed E-state index contributed by atoms with van der Waals surface area (Å²) in [4.78, 5) is 23.9. The Balaban J connectivity index is 2.08. The summed E-state index contributed by atoms with van der Waals surface area (Å²) < 4.78 is 14.2. The predicted molar refractivity (Wildman–Crippen MR) is 93.3 cm³/mol. The zero-order chi connectivity index (χ0) is 17.7. The number of nitrogens with one attached hydrogen (secondary N) is 1. The van der Waals surface area contributed by atoms with Crippen molar-refractivity contribution in [1.82, 2.24) is 9.13 Å². The van der Waals surface area contributed by atoms with E-state index in [1.807, 2.05) is 36.4 Å². The van der Waals surface area contributed by atoms with Crippen LogP contribution in [-0.4, -0.2) is 25.6 Å². The van der Waals surface area contributed by atoms with Crippen molar-refractivity contribution in [3.8, 4) is 6.07 Å². The van der Waals surface area contributed by atoms with E-state index in [0.717, 1.165) is 10.1 Å². The molecule has 1 aromatic carbocycles. The van der Waals surface area contributed by atoms with Crippen molar-refractivity contribution in [2.24, 2.45) is 14.1 Å². The molecular formula is C16H18N4O3S. The number of rotatable bonds is 6. The zero-order valence-corrected chi connectivity index (χ0v) is 14.3. The highest BCUT2D eigenvalue weighted by Crippen LogP contribution is 2.07. The van der Waals surface area contributed by atoms with Gasteiger partial charge in [0.15, 0.2) is 5.56 Å². The summed E-state index contributed by atoms with van der Waals surface area (Å²) in [6, 6.07) is 11.3. The highest BCUT2D eigenvalue weighted by molar-refractivity contribution is 7.84. The molecule has 1 N–H and O–H groups in total. The van der Waals surface area contributed by atoms with Crippen LogP contribution in [0.15, 0.2) is 39.9 Å². The minimum Gasteiger partial charge on any atom is -0.369 e. The maximum atomic E-state index is 12.1. The van der Waals surface area contributed by atoms with Gasteiger partial charge >= 0.3 is 5.69 Å². The molecule has 7 nitrogen and oxygen atoms in total. The third-order valence-electron chi connectivity index (χ3n) is 3.57. The third kappa shape index (κ3) is 3.81. The Hall–Kier alpha value is -2.66. The van der Waals surface area contributed by atoms with E-state index in [1.54, 1.807) is 0 Å². The van der Waals surface area contributed by atoms with Gasteiger partial charge < -0.3 is 5.32 Å². The van der Waals surface area contributed by atoms with Gasteiger partial charge in [-0.05, 0) is 5.56 Å². The fourth-order valence-corrected chi connectivity index (χ4v) is 3.31. The van der Waals surface area contributed by atoms with E-state index in [2.05, 4.69) is 5.32 Å². The van der Waals surface area contributed by atoms with Crippen LogP contribution >= 0.6 is 0 Å². The average Bonchev–Trinajstić information content (AvgIpc) is 2.58. The van der Waals surface area contributed by atoms with E-state index in [9.17, 15) is 13.8 Å². The van der Waals surface area contributed by atoms with Crippen molar-refractivity contribution in [1.29, 1.82) is 5.26 Å². The second-order valence-electron chi connectivity index (χ2n) is 5.24. The molecule has 0 spiro atoms. The molecule has 126 valence electrons. The van der Waals surface area contributed by atoms with Crippen LogP contribution in [0.4, 0.5) is 5.82 Å². The number of nitriles is 1. The first-order valence-electron chi connectivity index (χ1n) is 7.28. The Morgan fingerprint density at radius 2 is 1.83 bits per heavy atom. The number of nitrogens with zero attached hydrogens (tertiary/aromatic N) is 3. The maximum Gasteiger partial charge on any atom is 0.332 e. The molecule has 0 saturated carbocycles. The van der Waals surface area contributed by atoms with Crippen molar-refractivity contribution in [2.75, 3.05) is 17.6 Å². The molecule has 1 unspecified atom stereocenters. The highest BCUT2D eigenvalue weighted by atomic mass is 32.2. The van der Waals surface area contributed by atoms with Gasteiger partial charge in [-0.25, -0.2) is 4.79 Å². The summed E-state index contributed by atoms with van der Waals surface area (Å²) >= 11 is 0. The molecule has 1 heterocycles. The molecule has 2 aromatic rings. The van der Waals surface area contributed by atoms with Gasteiger partial charge in [0.05, 0.1) is 0 Å². The fourth-order valence-electron chi connectivity index (χ4n) is 2.27. The molecule has 1 aromatic heterocycles. The largest absolute Gasteiger partial charge is 0.369 e. The number of hydrogen-bond donors (Lipinski definition) is 1. The number of hydrogen-bond acceptors (Lipinski definition) is 5. The van der Waals surface area contributed by atoms with Crippen molar-refractivity contribution >= 4 is 16.6 Å². The average molecular weight is 346 g/mol. The van der Waals surface area contributed by atoms with Crippen LogP contribution in [0, 0.1) is 11.3 Å². The van der Waals surface area contributed by atoms with Crippen LogP contribution in [0.25, 0.3) is 0 Å². The SMILES string of the molecule is Cn1c(NCCS(=O)Cc2ccccc2)c(C#N)c(=O)n(C)c1=O. The monoisotopic (exact) mass is 346 g/mol. The number of benzene rings is 1. The van der Waals surface area contributed by atoms with E-state index in [0.29, 0.717) is 11.5 Å².